The van der Waals surface area contributed by atoms with Crippen LogP contribution in [0.1, 0.15) is 40.5 Å². The van der Waals surface area contributed by atoms with Crippen molar-refractivity contribution in [3.63, 3.8) is 0 Å². The van der Waals surface area contributed by atoms with E-state index in [0.29, 0.717) is 12.8 Å². The molecular formula is C11H17O3-. The zero-order chi connectivity index (χ0) is 11.1. The molecule has 0 radical (unpaired) electrons. The van der Waals surface area contributed by atoms with Crippen molar-refractivity contribution in [2.75, 3.05) is 0 Å². The lowest BCUT2D eigenvalue weighted by Crippen LogP contribution is -2.45. The summed E-state index contributed by atoms with van der Waals surface area (Å²) in [6, 6.07) is 0. The lowest BCUT2D eigenvalue weighted by molar-refractivity contribution is -0.314. The van der Waals surface area contributed by atoms with E-state index in [0.717, 1.165) is 0 Å². The van der Waals surface area contributed by atoms with E-state index in [-0.39, 0.29) is 5.78 Å². The van der Waals surface area contributed by atoms with Crippen LogP contribution in [0.15, 0.2) is 0 Å². The van der Waals surface area contributed by atoms with Crippen molar-refractivity contribution in [1.29, 1.82) is 0 Å². The van der Waals surface area contributed by atoms with Crippen LogP contribution in [0, 0.1) is 16.7 Å². The topological polar surface area (TPSA) is 57.2 Å². The first-order chi connectivity index (χ1) is 6.23. The van der Waals surface area contributed by atoms with Gasteiger partial charge in [0.05, 0.1) is 0 Å². The average Bonchev–Trinajstić information content (AvgIpc) is 2.24. The molecule has 1 fully saturated rings. The van der Waals surface area contributed by atoms with Crippen LogP contribution < -0.4 is 5.11 Å². The van der Waals surface area contributed by atoms with E-state index in [4.69, 9.17) is 0 Å². The minimum atomic E-state index is -1.03. The summed E-state index contributed by atoms with van der Waals surface area (Å²) in [6.45, 7) is 7.10. The summed E-state index contributed by atoms with van der Waals surface area (Å²) in [5, 5.41) is 10.9. The van der Waals surface area contributed by atoms with Gasteiger partial charge >= 0.3 is 0 Å². The van der Waals surface area contributed by atoms with Gasteiger partial charge in [0.15, 0.2) is 0 Å². The van der Waals surface area contributed by atoms with Gasteiger partial charge in [-0.15, -0.1) is 0 Å². The summed E-state index contributed by atoms with van der Waals surface area (Å²) >= 11 is 0. The maximum absolute atomic E-state index is 11.5. The number of aliphatic carboxylic acids is 1. The van der Waals surface area contributed by atoms with Crippen LogP contribution in [0.2, 0.25) is 0 Å². The van der Waals surface area contributed by atoms with Gasteiger partial charge in [-0.1, -0.05) is 20.8 Å². The van der Waals surface area contributed by atoms with E-state index >= 15 is 0 Å². The fraction of sp³-hybridized carbons (Fsp3) is 0.818. The normalized spacial score (nSPS) is 35.6. The van der Waals surface area contributed by atoms with Crippen LogP contribution >= 0.6 is 0 Å². The zero-order valence-corrected chi connectivity index (χ0v) is 9.22. The molecule has 1 rings (SSSR count). The van der Waals surface area contributed by atoms with E-state index in [1.165, 1.54) is 0 Å². The lowest BCUT2D eigenvalue weighted by Gasteiger charge is -2.40. The molecule has 2 atom stereocenters. The lowest BCUT2D eigenvalue weighted by atomic mass is 9.64. The molecule has 0 amide bonds. The Hall–Kier alpha value is -0.860. The highest BCUT2D eigenvalue weighted by Crippen LogP contribution is 2.56. The second-order valence-corrected chi connectivity index (χ2v) is 5.02. The van der Waals surface area contributed by atoms with Crippen molar-refractivity contribution in [2.24, 2.45) is 16.7 Å². The average molecular weight is 197 g/mol. The first-order valence-corrected chi connectivity index (χ1v) is 4.95. The van der Waals surface area contributed by atoms with Crippen LogP contribution in [0.25, 0.3) is 0 Å². The van der Waals surface area contributed by atoms with Gasteiger partial charge in [0, 0.05) is 17.3 Å². The molecule has 14 heavy (non-hydrogen) atoms. The first-order valence-electron chi connectivity index (χ1n) is 4.95. The predicted octanol–water partition coefficient (Wildman–Crippen LogP) is 0.768. The largest absolute Gasteiger partial charge is 0.550 e. The number of carboxylic acids is 1. The number of hydrogen-bond donors (Lipinski definition) is 0. The van der Waals surface area contributed by atoms with E-state index in [2.05, 4.69) is 0 Å². The molecule has 0 heterocycles. The first kappa shape index (κ1) is 11.2. The summed E-state index contributed by atoms with van der Waals surface area (Å²) < 4.78 is 0. The highest BCUT2D eigenvalue weighted by Gasteiger charge is 2.54. The van der Waals surface area contributed by atoms with Crippen LogP contribution in [-0.2, 0) is 9.59 Å². The molecule has 3 nitrogen and oxygen atoms in total. The zero-order valence-electron chi connectivity index (χ0n) is 9.22. The molecule has 0 saturated heterocycles. The summed E-state index contributed by atoms with van der Waals surface area (Å²) in [5.74, 6) is -1.46. The van der Waals surface area contributed by atoms with E-state index in [9.17, 15) is 14.7 Å². The summed E-state index contributed by atoms with van der Waals surface area (Å²) in [6.07, 6.45) is 1.19. The Labute approximate surface area is 84.5 Å². The summed E-state index contributed by atoms with van der Waals surface area (Å²) in [5.41, 5.74) is -1.02. The molecule has 0 unspecified atom stereocenters. The Kier molecular flexibility index (Phi) is 2.46. The molecule has 0 N–H and O–H groups in total. The molecule has 0 aliphatic heterocycles. The van der Waals surface area contributed by atoms with Crippen LogP contribution in [-0.4, -0.2) is 11.8 Å². The van der Waals surface area contributed by atoms with Crippen molar-refractivity contribution in [2.45, 2.75) is 40.5 Å². The van der Waals surface area contributed by atoms with Gasteiger partial charge in [-0.25, -0.2) is 0 Å². The second kappa shape index (κ2) is 3.07. The van der Waals surface area contributed by atoms with Crippen LogP contribution in [0.3, 0.4) is 0 Å². The number of Topliss-reactive ketones (excluding diaryl/α,β-unsaturated/α-hetero) is 1. The number of hydrogen-bond acceptors (Lipinski definition) is 3. The van der Waals surface area contributed by atoms with Gasteiger partial charge in [-0.05, 0) is 25.2 Å². The number of carbonyl (C=O) groups is 2. The van der Waals surface area contributed by atoms with Crippen molar-refractivity contribution in [3.8, 4) is 0 Å². The van der Waals surface area contributed by atoms with Crippen molar-refractivity contribution in [3.05, 3.63) is 0 Å². The Morgan fingerprint density at radius 2 is 1.79 bits per heavy atom. The number of ketones is 1. The van der Waals surface area contributed by atoms with Gasteiger partial charge in [-0.2, -0.15) is 0 Å². The Morgan fingerprint density at radius 3 is 2.00 bits per heavy atom. The summed E-state index contributed by atoms with van der Waals surface area (Å²) in [4.78, 5) is 22.4. The molecule has 0 bridgehead atoms. The number of carbonyl (C=O) groups excluding carboxylic acids is 2. The molecular weight excluding hydrogens is 180 g/mol. The smallest absolute Gasteiger partial charge is 0.136 e. The maximum Gasteiger partial charge on any atom is 0.136 e. The Bertz CT molecular complexity index is 280. The highest BCUT2D eigenvalue weighted by molar-refractivity contribution is 5.85. The van der Waals surface area contributed by atoms with Gasteiger partial charge < -0.3 is 9.90 Å². The third-order valence-corrected chi connectivity index (χ3v) is 4.29. The molecule has 0 spiro atoms. The third-order valence-electron chi connectivity index (χ3n) is 4.29. The van der Waals surface area contributed by atoms with Crippen LogP contribution in [0.5, 0.6) is 0 Å². The van der Waals surface area contributed by atoms with Crippen molar-refractivity contribution >= 4 is 11.8 Å². The molecule has 0 aromatic carbocycles. The quantitative estimate of drug-likeness (QED) is 0.657. The molecule has 1 aliphatic rings. The van der Waals surface area contributed by atoms with Crippen LogP contribution in [0.4, 0.5) is 0 Å². The van der Waals surface area contributed by atoms with E-state index in [1.54, 1.807) is 6.92 Å². The monoisotopic (exact) mass is 197 g/mol. The summed E-state index contributed by atoms with van der Waals surface area (Å²) in [7, 11) is 0. The molecule has 1 aliphatic carbocycles. The highest BCUT2D eigenvalue weighted by atomic mass is 16.4. The van der Waals surface area contributed by atoms with Gasteiger partial charge in [-0.3, -0.25) is 4.79 Å². The van der Waals surface area contributed by atoms with Gasteiger partial charge in [0.25, 0.3) is 0 Å². The molecule has 1 saturated carbocycles. The standard InChI is InChI=1S/C11H18O3/c1-7(12)11(4)6-5-8(9(13)14)10(11,2)3/h8H,5-6H2,1-4H3,(H,13,14)/p-1/t8-,11+/m1/s1. The van der Waals surface area contributed by atoms with Crippen molar-refractivity contribution < 1.29 is 14.7 Å². The number of rotatable bonds is 2. The minimum absolute atomic E-state index is 0.0752. The van der Waals surface area contributed by atoms with Gasteiger partial charge in [0.2, 0.25) is 0 Å². The van der Waals surface area contributed by atoms with E-state index in [1.807, 2.05) is 20.8 Å². The Morgan fingerprint density at radius 1 is 1.29 bits per heavy atom. The minimum Gasteiger partial charge on any atom is -0.550 e. The fourth-order valence-corrected chi connectivity index (χ4v) is 2.54. The van der Waals surface area contributed by atoms with E-state index < -0.39 is 22.7 Å². The fourth-order valence-electron chi connectivity index (χ4n) is 2.54. The number of carboxylic acid groups (broad SMARTS) is 1. The maximum atomic E-state index is 11.5. The van der Waals surface area contributed by atoms with Gasteiger partial charge in [0.1, 0.15) is 5.78 Å². The molecule has 0 aromatic rings. The predicted molar refractivity (Wildman–Crippen MR) is 50.3 cm³/mol. The molecule has 0 aromatic heterocycles. The molecule has 3 heteroatoms. The second-order valence-electron chi connectivity index (χ2n) is 5.02. The Balaban J connectivity index is 3.08. The van der Waals surface area contributed by atoms with Crippen molar-refractivity contribution in [1.82, 2.24) is 0 Å². The SMILES string of the molecule is CC(=O)[C@]1(C)CC[C@H](C(=O)[O-])C1(C)C. The molecule has 80 valence electrons. The third kappa shape index (κ3) is 1.26.